The largest absolute Gasteiger partial charge is 0.395 e. The first-order chi connectivity index (χ1) is 8.79. The Morgan fingerprint density at radius 1 is 1.42 bits per heavy atom. The first kappa shape index (κ1) is 14.8. The predicted molar refractivity (Wildman–Crippen MR) is 73.4 cm³/mol. The van der Waals surface area contributed by atoms with Crippen LogP contribution in [0.25, 0.3) is 0 Å². The third-order valence-corrected chi connectivity index (χ3v) is 6.01. The van der Waals surface area contributed by atoms with Crippen LogP contribution in [0.1, 0.15) is 19.4 Å². The molecule has 1 fully saturated rings. The van der Waals surface area contributed by atoms with Gasteiger partial charge in [-0.2, -0.15) is 0 Å². The molecule has 0 aromatic heterocycles. The van der Waals surface area contributed by atoms with E-state index in [0.29, 0.717) is 0 Å². The lowest BCUT2D eigenvalue weighted by Gasteiger charge is -2.27. The van der Waals surface area contributed by atoms with Gasteiger partial charge in [0.25, 0.3) is 0 Å². The summed E-state index contributed by atoms with van der Waals surface area (Å²) in [6, 6.07) is 4.83. The van der Waals surface area contributed by atoms with Gasteiger partial charge >= 0.3 is 0 Å². The van der Waals surface area contributed by atoms with Gasteiger partial charge < -0.3 is 9.84 Å². The van der Waals surface area contributed by atoms with Crippen molar-refractivity contribution in [3.8, 4) is 0 Å². The average Bonchev–Trinajstić information content (AvgIpc) is 2.25. The maximum Gasteiger partial charge on any atom is 0.187 e. The minimum Gasteiger partial charge on any atom is -0.395 e. The Morgan fingerprint density at radius 2 is 2.05 bits per heavy atom. The van der Waals surface area contributed by atoms with Gasteiger partial charge in [0.2, 0.25) is 0 Å². The van der Waals surface area contributed by atoms with Gasteiger partial charge in [0.15, 0.2) is 9.84 Å². The second-order valence-electron chi connectivity index (χ2n) is 5.39. The molecule has 1 saturated heterocycles. The summed E-state index contributed by atoms with van der Waals surface area (Å²) in [5.41, 5.74) is 0.356. The molecule has 1 aliphatic rings. The van der Waals surface area contributed by atoms with Crippen LogP contribution in [0.3, 0.4) is 0 Å². The van der Waals surface area contributed by atoms with E-state index < -0.39 is 20.5 Å². The Labute approximate surface area is 118 Å². The molecule has 0 spiro atoms. The molecule has 6 heteroatoms. The Balaban J connectivity index is 2.40. The van der Waals surface area contributed by atoms with Crippen LogP contribution in [0.2, 0.25) is 5.02 Å². The van der Waals surface area contributed by atoms with Gasteiger partial charge in [0, 0.05) is 5.41 Å². The summed E-state index contributed by atoms with van der Waals surface area (Å²) in [7, 11) is -3.42. The van der Waals surface area contributed by atoms with E-state index in [-0.39, 0.29) is 29.7 Å². The molecule has 0 amide bonds. The van der Waals surface area contributed by atoms with E-state index >= 15 is 0 Å². The van der Waals surface area contributed by atoms with Gasteiger partial charge in [-0.05, 0) is 17.7 Å². The number of aliphatic hydroxyl groups is 1. The number of benzene rings is 1. The van der Waals surface area contributed by atoms with Gasteiger partial charge in [-0.15, -0.1) is 0 Å². The van der Waals surface area contributed by atoms with Gasteiger partial charge in [-0.1, -0.05) is 31.5 Å². The number of ether oxygens (including phenoxy) is 1. The Morgan fingerprint density at radius 3 is 2.47 bits per heavy atom. The molecule has 1 heterocycles. The number of rotatable bonds is 4. The van der Waals surface area contributed by atoms with Gasteiger partial charge in [0.1, 0.15) is 5.25 Å². The SMILES string of the molecule is CC(C)(CO)c1ccc(S(=O)(=O)C2COC2)c(Cl)c1. The minimum atomic E-state index is -3.42. The lowest BCUT2D eigenvalue weighted by Crippen LogP contribution is -2.40. The monoisotopic (exact) mass is 304 g/mol. The number of aliphatic hydroxyl groups excluding tert-OH is 1. The fraction of sp³-hybridized carbons (Fsp3) is 0.538. The normalized spacial score (nSPS) is 17.3. The number of hydrogen-bond donors (Lipinski definition) is 1. The topological polar surface area (TPSA) is 63.6 Å². The van der Waals surface area contributed by atoms with Crippen molar-refractivity contribution in [1.82, 2.24) is 0 Å². The summed E-state index contributed by atoms with van der Waals surface area (Å²) in [6.45, 7) is 4.15. The molecule has 4 nitrogen and oxygen atoms in total. The lowest BCUT2D eigenvalue weighted by atomic mass is 9.86. The maximum absolute atomic E-state index is 12.3. The summed E-state index contributed by atoms with van der Waals surface area (Å²) in [5.74, 6) is 0. The molecule has 19 heavy (non-hydrogen) atoms. The average molecular weight is 305 g/mol. The van der Waals surface area contributed by atoms with Crippen molar-refractivity contribution in [3.63, 3.8) is 0 Å². The van der Waals surface area contributed by atoms with E-state index in [1.807, 2.05) is 13.8 Å². The second kappa shape index (κ2) is 5.05. The summed E-state index contributed by atoms with van der Waals surface area (Å²) < 4.78 is 29.4. The molecule has 0 atom stereocenters. The van der Waals surface area contributed by atoms with Crippen molar-refractivity contribution in [2.24, 2.45) is 0 Å². The summed E-state index contributed by atoms with van der Waals surface area (Å²) in [4.78, 5) is 0.139. The standard InChI is InChI=1S/C13H17ClO4S/c1-13(2,8-15)9-3-4-12(11(14)5-9)19(16,17)10-6-18-7-10/h3-5,10,15H,6-8H2,1-2H3. The molecule has 0 saturated carbocycles. The smallest absolute Gasteiger partial charge is 0.187 e. The van der Waals surface area contributed by atoms with Crippen LogP contribution < -0.4 is 0 Å². The van der Waals surface area contributed by atoms with Crippen molar-refractivity contribution < 1.29 is 18.3 Å². The van der Waals surface area contributed by atoms with Crippen molar-refractivity contribution in [2.75, 3.05) is 19.8 Å². The van der Waals surface area contributed by atoms with Gasteiger partial charge in [-0.25, -0.2) is 8.42 Å². The molecule has 0 aliphatic carbocycles. The zero-order chi connectivity index (χ0) is 14.3. The van der Waals surface area contributed by atoms with Gasteiger partial charge in [-0.3, -0.25) is 0 Å². The second-order valence-corrected chi connectivity index (χ2v) is 8.00. The molecular formula is C13H17ClO4S. The molecule has 106 valence electrons. The van der Waals surface area contributed by atoms with Crippen LogP contribution in [0, 0.1) is 0 Å². The molecule has 0 radical (unpaired) electrons. The quantitative estimate of drug-likeness (QED) is 0.921. The highest BCUT2D eigenvalue weighted by molar-refractivity contribution is 7.92. The van der Waals surface area contributed by atoms with Crippen molar-refractivity contribution >= 4 is 21.4 Å². The zero-order valence-corrected chi connectivity index (χ0v) is 12.5. The van der Waals surface area contributed by atoms with Crippen LogP contribution in [-0.4, -0.2) is 38.6 Å². The van der Waals surface area contributed by atoms with E-state index in [2.05, 4.69) is 0 Å². The molecule has 1 aromatic carbocycles. The first-order valence-electron chi connectivity index (χ1n) is 6.01. The number of hydrogen-bond acceptors (Lipinski definition) is 4. The Hall–Kier alpha value is -0.620. The van der Waals surface area contributed by atoms with E-state index in [4.69, 9.17) is 16.3 Å². The van der Waals surface area contributed by atoms with E-state index in [1.54, 1.807) is 12.1 Å². The first-order valence-corrected chi connectivity index (χ1v) is 7.94. The fourth-order valence-corrected chi connectivity index (χ4v) is 3.82. The van der Waals surface area contributed by atoms with E-state index in [1.165, 1.54) is 6.07 Å². The van der Waals surface area contributed by atoms with Crippen LogP contribution in [0.15, 0.2) is 23.1 Å². The molecule has 0 bridgehead atoms. The third kappa shape index (κ3) is 2.65. The predicted octanol–water partition coefficient (Wildman–Crippen LogP) is 1.78. The van der Waals surface area contributed by atoms with Crippen molar-refractivity contribution in [1.29, 1.82) is 0 Å². The number of halogens is 1. The van der Waals surface area contributed by atoms with Crippen LogP contribution >= 0.6 is 11.6 Å². The fourth-order valence-electron chi connectivity index (χ4n) is 1.82. The van der Waals surface area contributed by atoms with E-state index in [0.717, 1.165) is 5.56 Å². The van der Waals surface area contributed by atoms with E-state index in [9.17, 15) is 13.5 Å². The van der Waals surface area contributed by atoms with Crippen molar-refractivity contribution in [2.45, 2.75) is 29.4 Å². The highest BCUT2D eigenvalue weighted by atomic mass is 35.5. The minimum absolute atomic E-state index is 0.0358. The Kier molecular flexibility index (Phi) is 3.93. The maximum atomic E-state index is 12.3. The van der Waals surface area contributed by atoms with Crippen molar-refractivity contribution in [3.05, 3.63) is 28.8 Å². The molecular weight excluding hydrogens is 288 g/mol. The summed E-state index contributed by atoms with van der Waals surface area (Å²) in [5, 5.41) is 9.03. The van der Waals surface area contributed by atoms with Crippen LogP contribution in [0.4, 0.5) is 0 Å². The zero-order valence-electron chi connectivity index (χ0n) is 10.9. The third-order valence-electron chi connectivity index (χ3n) is 3.46. The van der Waals surface area contributed by atoms with Crippen LogP contribution in [-0.2, 0) is 20.0 Å². The highest BCUT2D eigenvalue weighted by Crippen LogP contribution is 2.32. The molecule has 1 aromatic rings. The van der Waals surface area contributed by atoms with Gasteiger partial charge in [0.05, 0.1) is 29.7 Å². The molecule has 0 unspecified atom stereocenters. The Bertz CT molecular complexity index is 576. The summed E-state index contributed by atoms with van der Waals surface area (Å²) in [6.07, 6.45) is 0. The lowest BCUT2D eigenvalue weighted by molar-refractivity contribution is 0.0416. The molecule has 2 rings (SSSR count). The highest BCUT2D eigenvalue weighted by Gasteiger charge is 2.35. The molecule has 1 N–H and O–H groups in total. The van der Waals surface area contributed by atoms with Crippen LogP contribution in [0.5, 0.6) is 0 Å². The number of sulfone groups is 1. The molecule has 1 aliphatic heterocycles. The summed E-state index contributed by atoms with van der Waals surface area (Å²) >= 11 is 6.10.